The van der Waals surface area contributed by atoms with Crippen LogP contribution in [0.5, 0.6) is 0 Å². The molecule has 0 saturated heterocycles. The van der Waals surface area contributed by atoms with Gasteiger partial charge in [-0.15, -0.1) is 11.8 Å². The van der Waals surface area contributed by atoms with Gasteiger partial charge in [0, 0.05) is 15.9 Å². The van der Waals surface area contributed by atoms with Crippen LogP contribution in [0, 0.1) is 0 Å². The Balaban J connectivity index is 2.37. The first-order valence-corrected chi connectivity index (χ1v) is 6.66. The minimum absolute atomic E-state index is 0.0950. The first-order valence-electron chi connectivity index (χ1n) is 4.88. The van der Waals surface area contributed by atoms with Crippen LogP contribution in [-0.2, 0) is 4.79 Å². The Kier molecular flexibility index (Phi) is 5.79. The second-order valence-electron chi connectivity index (χ2n) is 3.07. The van der Waals surface area contributed by atoms with Gasteiger partial charge in [0.05, 0.1) is 5.75 Å². The number of amides is 1. The highest BCUT2D eigenvalue weighted by atomic mass is 79.9. The smallest absolute Gasteiger partial charge is 0.230 e. The first-order chi connectivity index (χ1) is 7.24. The Labute approximate surface area is 103 Å². The fourth-order valence-electron chi connectivity index (χ4n) is 1.02. The fraction of sp³-hybridized carbons (Fsp3) is 0.364. The SMILES string of the molecule is CCCNC(=O)CSc1ccccc1Br. The summed E-state index contributed by atoms with van der Waals surface area (Å²) < 4.78 is 1.04. The minimum Gasteiger partial charge on any atom is -0.355 e. The van der Waals surface area contributed by atoms with Crippen molar-refractivity contribution in [3.8, 4) is 0 Å². The van der Waals surface area contributed by atoms with Gasteiger partial charge in [-0.05, 0) is 34.5 Å². The van der Waals surface area contributed by atoms with E-state index in [1.54, 1.807) is 11.8 Å². The lowest BCUT2D eigenvalue weighted by Crippen LogP contribution is -2.25. The van der Waals surface area contributed by atoms with Gasteiger partial charge in [-0.1, -0.05) is 19.1 Å². The molecular weight excluding hydrogens is 274 g/mol. The molecule has 0 fully saturated rings. The topological polar surface area (TPSA) is 29.1 Å². The monoisotopic (exact) mass is 287 g/mol. The second-order valence-corrected chi connectivity index (χ2v) is 4.94. The summed E-state index contributed by atoms with van der Waals surface area (Å²) >= 11 is 4.99. The van der Waals surface area contributed by atoms with Crippen molar-refractivity contribution < 1.29 is 4.79 Å². The zero-order chi connectivity index (χ0) is 11.1. The summed E-state index contributed by atoms with van der Waals surface area (Å²) in [7, 11) is 0. The van der Waals surface area contributed by atoms with Crippen LogP contribution >= 0.6 is 27.7 Å². The second kappa shape index (κ2) is 6.90. The molecule has 1 rings (SSSR count). The van der Waals surface area contributed by atoms with Gasteiger partial charge in [0.2, 0.25) is 5.91 Å². The van der Waals surface area contributed by atoms with E-state index in [9.17, 15) is 4.79 Å². The van der Waals surface area contributed by atoms with Gasteiger partial charge >= 0.3 is 0 Å². The van der Waals surface area contributed by atoms with E-state index in [2.05, 4.69) is 21.2 Å². The standard InChI is InChI=1S/C11H14BrNOS/c1-2-7-13-11(14)8-15-10-6-4-3-5-9(10)12/h3-6H,2,7-8H2,1H3,(H,13,14). The summed E-state index contributed by atoms with van der Waals surface area (Å²) in [5.41, 5.74) is 0. The van der Waals surface area contributed by atoms with Gasteiger partial charge in [0.1, 0.15) is 0 Å². The molecule has 0 unspecified atom stereocenters. The molecular formula is C11H14BrNOS. The first kappa shape index (κ1) is 12.6. The highest BCUT2D eigenvalue weighted by Gasteiger charge is 2.03. The predicted octanol–water partition coefficient (Wildman–Crippen LogP) is 3.07. The van der Waals surface area contributed by atoms with Crippen LogP contribution in [0.4, 0.5) is 0 Å². The van der Waals surface area contributed by atoms with Crippen LogP contribution in [0.15, 0.2) is 33.6 Å². The molecule has 0 aliphatic carbocycles. The van der Waals surface area contributed by atoms with Crippen LogP contribution < -0.4 is 5.32 Å². The van der Waals surface area contributed by atoms with Crippen molar-refractivity contribution in [3.63, 3.8) is 0 Å². The molecule has 0 saturated carbocycles. The van der Waals surface area contributed by atoms with Crippen molar-refractivity contribution in [2.24, 2.45) is 0 Å². The summed E-state index contributed by atoms with van der Waals surface area (Å²) in [6.07, 6.45) is 0.978. The Morgan fingerprint density at radius 1 is 1.47 bits per heavy atom. The molecule has 0 heterocycles. The third-order valence-electron chi connectivity index (χ3n) is 1.77. The molecule has 1 aromatic rings. The van der Waals surface area contributed by atoms with Gasteiger partial charge in [-0.3, -0.25) is 4.79 Å². The van der Waals surface area contributed by atoms with Crippen molar-refractivity contribution >= 4 is 33.6 Å². The van der Waals surface area contributed by atoms with Crippen molar-refractivity contribution in [2.75, 3.05) is 12.3 Å². The van der Waals surface area contributed by atoms with Crippen LogP contribution in [-0.4, -0.2) is 18.2 Å². The maximum Gasteiger partial charge on any atom is 0.230 e. The molecule has 1 amide bonds. The Hall–Kier alpha value is -0.480. The predicted molar refractivity (Wildman–Crippen MR) is 68.2 cm³/mol. The average molecular weight is 288 g/mol. The number of benzene rings is 1. The fourth-order valence-corrected chi connectivity index (χ4v) is 2.42. The van der Waals surface area contributed by atoms with E-state index in [1.165, 1.54) is 0 Å². The average Bonchev–Trinajstić information content (AvgIpc) is 2.25. The zero-order valence-corrected chi connectivity index (χ0v) is 11.0. The number of nitrogens with one attached hydrogen (secondary N) is 1. The van der Waals surface area contributed by atoms with Gasteiger partial charge in [0.25, 0.3) is 0 Å². The van der Waals surface area contributed by atoms with Crippen molar-refractivity contribution in [3.05, 3.63) is 28.7 Å². The van der Waals surface area contributed by atoms with E-state index in [0.717, 1.165) is 22.3 Å². The number of carbonyl (C=O) groups is 1. The molecule has 0 bridgehead atoms. The lowest BCUT2D eigenvalue weighted by atomic mass is 10.4. The van der Waals surface area contributed by atoms with Gasteiger partial charge in [0.15, 0.2) is 0 Å². The van der Waals surface area contributed by atoms with Crippen molar-refractivity contribution in [2.45, 2.75) is 18.2 Å². The maximum absolute atomic E-state index is 11.3. The van der Waals surface area contributed by atoms with E-state index in [4.69, 9.17) is 0 Å². The highest BCUT2D eigenvalue weighted by molar-refractivity contribution is 9.10. The van der Waals surface area contributed by atoms with E-state index in [-0.39, 0.29) is 5.91 Å². The highest BCUT2D eigenvalue weighted by Crippen LogP contribution is 2.26. The van der Waals surface area contributed by atoms with Crippen molar-refractivity contribution in [1.82, 2.24) is 5.32 Å². The van der Waals surface area contributed by atoms with E-state index < -0.39 is 0 Å². The number of rotatable bonds is 5. The summed E-state index contributed by atoms with van der Waals surface area (Å²) in [5, 5.41) is 2.85. The summed E-state index contributed by atoms with van der Waals surface area (Å²) in [6.45, 7) is 2.80. The number of hydrogen-bond donors (Lipinski definition) is 1. The molecule has 1 aromatic carbocycles. The normalized spacial score (nSPS) is 10.0. The summed E-state index contributed by atoms with van der Waals surface area (Å²) in [5.74, 6) is 0.570. The Morgan fingerprint density at radius 2 is 2.20 bits per heavy atom. The molecule has 0 radical (unpaired) electrons. The quantitative estimate of drug-likeness (QED) is 0.844. The molecule has 0 aliphatic heterocycles. The maximum atomic E-state index is 11.3. The molecule has 0 aromatic heterocycles. The lowest BCUT2D eigenvalue weighted by Gasteiger charge is -2.04. The van der Waals surface area contributed by atoms with Crippen LogP contribution in [0.25, 0.3) is 0 Å². The minimum atomic E-state index is 0.0950. The van der Waals surface area contributed by atoms with Crippen LogP contribution in [0.3, 0.4) is 0 Å². The lowest BCUT2D eigenvalue weighted by molar-refractivity contribution is -0.118. The van der Waals surface area contributed by atoms with E-state index >= 15 is 0 Å². The van der Waals surface area contributed by atoms with Gasteiger partial charge < -0.3 is 5.32 Å². The molecule has 2 nitrogen and oxygen atoms in total. The molecule has 0 aliphatic rings. The summed E-state index contributed by atoms with van der Waals surface area (Å²) in [6, 6.07) is 7.91. The number of halogens is 1. The zero-order valence-electron chi connectivity index (χ0n) is 8.63. The molecule has 82 valence electrons. The molecule has 15 heavy (non-hydrogen) atoms. The Bertz CT molecular complexity index is 330. The molecule has 4 heteroatoms. The van der Waals surface area contributed by atoms with E-state index in [1.807, 2.05) is 31.2 Å². The third-order valence-corrected chi connectivity index (χ3v) is 3.80. The third kappa shape index (κ3) is 4.71. The molecule has 0 atom stereocenters. The molecule has 0 spiro atoms. The summed E-state index contributed by atoms with van der Waals surface area (Å²) in [4.78, 5) is 12.4. The Morgan fingerprint density at radius 3 is 2.87 bits per heavy atom. The van der Waals surface area contributed by atoms with Crippen molar-refractivity contribution in [1.29, 1.82) is 0 Å². The number of carbonyl (C=O) groups excluding carboxylic acids is 1. The largest absolute Gasteiger partial charge is 0.355 e. The van der Waals surface area contributed by atoms with Crippen LogP contribution in [0.2, 0.25) is 0 Å². The van der Waals surface area contributed by atoms with Gasteiger partial charge in [-0.2, -0.15) is 0 Å². The van der Waals surface area contributed by atoms with Crippen LogP contribution in [0.1, 0.15) is 13.3 Å². The van der Waals surface area contributed by atoms with Gasteiger partial charge in [-0.25, -0.2) is 0 Å². The molecule has 1 N–H and O–H groups in total. The number of thioether (sulfide) groups is 1. The van der Waals surface area contributed by atoms with E-state index in [0.29, 0.717) is 5.75 Å². The number of hydrogen-bond acceptors (Lipinski definition) is 2.